The second kappa shape index (κ2) is 5.15. The van der Waals surface area contributed by atoms with Gasteiger partial charge in [0, 0.05) is 12.1 Å². The summed E-state index contributed by atoms with van der Waals surface area (Å²) in [6.45, 7) is 1.88. The molecule has 6 heteroatoms. The van der Waals surface area contributed by atoms with Crippen molar-refractivity contribution in [3.8, 4) is 0 Å². The van der Waals surface area contributed by atoms with Crippen LogP contribution in [0.5, 0.6) is 0 Å². The van der Waals surface area contributed by atoms with E-state index in [9.17, 15) is 12.8 Å². The van der Waals surface area contributed by atoms with E-state index in [0.29, 0.717) is 6.42 Å². The Morgan fingerprint density at radius 3 is 2.78 bits per heavy atom. The molecule has 2 rings (SSSR count). The Morgan fingerprint density at radius 2 is 2.22 bits per heavy atom. The van der Waals surface area contributed by atoms with Crippen LogP contribution in [-0.4, -0.2) is 26.0 Å². The molecule has 0 aromatic heterocycles. The van der Waals surface area contributed by atoms with Gasteiger partial charge in [0.15, 0.2) is 9.84 Å². The summed E-state index contributed by atoms with van der Waals surface area (Å²) in [7, 11) is -2.90. The maximum Gasteiger partial charge on any atom is 0.151 e. The van der Waals surface area contributed by atoms with Gasteiger partial charge in [-0.05, 0) is 31.0 Å². The summed E-state index contributed by atoms with van der Waals surface area (Å²) in [6.07, 6.45) is 0.614. The number of halogens is 2. The molecule has 1 N–H and O–H groups in total. The van der Waals surface area contributed by atoms with Crippen LogP contribution >= 0.6 is 11.6 Å². The molecule has 3 nitrogen and oxygen atoms in total. The molecule has 1 saturated heterocycles. The minimum atomic E-state index is -2.90. The van der Waals surface area contributed by atoms with Crippen LogP contribution in [0.15, 0.2) is 18.2 Å². The fourth-order valence-electron chi connectivity index (χ4n) is 2.16. The Morgan fingerprint density at radius 1 is 1.50 bits per heavy atom. The van der Waals surface area contributed by atoms with Gasteiger partial charge in [0.05, 0.1) is 16.5 Å². The molecule has 0 amide bonds. The van der Waals surface area contributed by atoms with Gasteiger partial charge in [-0.2, -0.15) is 0 Å². The highest BCUT2D eigenvalue weighted by Gasteiger charge is 2.28. The Kier molecular flexibility index (Phi) is 3.94. The summed E-state index contributed by atoms with van der Waals surface area (Å²) >= 11 is 5.62. The van der Waals surface area contributed by atoms with Gasteiger partial charge in [-0.1, -0.05) is 17.7 Å². The molecule has 1 aromatic rings. The fourth-order valence-corrected chi connectivity index (χ4v) is 3.96. The maximum absolute atomic E-state index is 13.3. The molecule has 1 aliphatic heterocycles. The predicted molar refractivity (Wildman–Crippen MR) is 70.0 cm³/mol. The average Bonchev–Trinajstić information content (AvgIpc) is 2.62. The second-order valence-electron chi connectivity index (χ2n) is 4.66. The van der Waals surface area contributed by atoms with Crippen LogP contribution in [-0.2, 0) is 9.84 Å². The highest BCUT2D eigenvalue weighted by molar-refractivity contribution is 7.91. The van der Waals surface area contributed by atoms with Crippen molar-refractivity contribution in [3.05, 3.63) is 34.6 Å². The van der Waals surface area contributed by atoms with Crippen molar-refractivity contribution >= 4 is 21.4 Å². The van der Waals surface area contributed by atoms with Crippen LogP contribution in [0, 0.1) is 5.82 Å². The summed E-state index contributed by atoms with van der Waals surface area (Å²) in [6, 6.07) is 4.48. The predicted octanol–water partition coefficient (Wildman–Crippen LogP) is 2.32. The number of hydrogen-bond donors (Lipinski definition) is 1. The molecule has 1 heterocycles. The standard InChI is InChI=1S/C12H15ClFNO2S/c1-8(9-2-3-11(13)12(14)6-9)15-10-4-5-18(16,17)7-10/h2-3,6,8,10,15H,4-5,7H2,1H3. The summed E-state index contributed by atoms with van der Waals surface area (Å²) < 4.78 is 36.0. The monoisotopic (exact) mass is 291 g/mol. The number of rotatable bonds is 3. The molecular weight excluding hydrogens is 277 g/mol. The lowest BCUT2D eigenvalue weighted by atomic mass is 10.1. The van der Waals surface area contributed by atoms with E-state index in [2.05, 4.69) is 5.32 Å². The summed E-state index contributed by atoms with van der Waals surface area (Å²) in [5.74, 6) is -0.0679. The minimum Gasteiger partial charge on any atom is -0.306 e. The Balaban J connectivity index is 2.04. The second-order valence-corrected chi connectivity index (χ2v) is 7.30. The zero-order chi connectivity index (χ0) is 13.3. The lowest BCUT2D eigenvalue weighted by Gasteiger charge is -2.19. The topological polar surface area (TPSA) is 46.2 Å². The van der Waals surface area contributed by atoms with Crippen molar-refractivity contribution in [2.75, 3.05) is 11.5 Å². The largest absolute Gasteiger partial charge is 0.306 e. The van der Waals surface area contributed by atoms with E-state index >= 15 is 0 Å². The van der Waals surface area contributed by atoms with Crippen molar-refractivity contribution in [2.24, 2.45) is 0 Å². The number of hydrogen-bond acceptors (Lipinski definition) is 3. The van der Waals surface area contributed by atoms with Crippen molar-refractivity contribution in [1.29, 1.82) is 0 Å². The Hall–Kier alpha value is -0.650. The normalized spacial score (nSPS) is 24.1. The summed E-state index contributed by atoms with van der Waals surface area (Å²) in [5, 5.41) is 3.30. The first kappa shape index (κ1) is 13.8. The summed E-state index contributed by atoms with van der Waals surface area (Å²) in [4.78, 5) is 0. The van der Waals surface area contributed by atoms with Crippen LogP contribution in [0.3, 0.4) is 0 Å². The fraction of sp³-hybridized carbons (Fsp3) is 0.500. The van der Waals surface area contributed by atoms with Crippen molar-refractivity contribution < 1.29 is 12.8 Å². The minimum absolute atomic E-state index is 0.0521. The maximum atomic E-state index is 13.3. The highest BCUT2D eigenvalue weighted by atomic mass is 35.5. The quantitative estimate of drug-likeness (QED) is 0.930. The number of nitrogens with one attached hydrogen (secondary N) is 1. The molecule has 100 valence electrons. The lowest BCUT2D eigenvalue weighted by Crippen LogP contribution is -2.32. The van der Waals surface area contributed by atoms with E-state index < -0.39 is 15.7 Å². The van der Waals surface area contributed by atoms with E-state index in [0.717, 1.165) is 5.56 Å². The number of benzene rings is 1. The van der Waals surface area contributed by atoms with Crippen molar-refractivity contribution in [2.45, 2.75) is 25.4 Å². The molecule has 0 aliphatic carbocycles. The number of sulfone groups is 1. The molecule has 1 aromatic carbocycles. The third-order valence-electron chi connectivity index (χ3n) is 3.16. The zero-order valence-electron chi connectivity index (χ0n) is 9.99. The molecular formula is C12H15ClFNO2S. The van der Waals surface area contributed by atoms with Crippen LogP contribution < -0.4 is 5.32 Å². The highest BCUT2D eigenvalue weighted by Crippen LogP contribution is 2.22. The van der Waals surface area contributed by atoms with E-state index in [1.165, 1.54) is 12.1 Å². The SMILES string of the molecule is CC(NC1CCS(=O)(=O)C1)c1ccc(Cl)c(F)c1. The molecule has 0 saturated carbocycles. The average molecular weight is 292 g/mol. The van der Waals surface area contributed by atoms with Crippen LogP contribution in [0.2, 0.25) is 5.02 Å². The van der Waals surface area contributed by atoms with Gasteiger partial charge in [0.25, 0.3) is 0 Å². The Bertz CT molecular complexity index is 547. The molecule has 2 atom stereocenters. The van der Waals surface area contributed by atoms with Gasteiger partial charge < -0.3 is 5.32 Å². The first-order valence-corrected chi connectivity index (χ1v) is 7.99. The van der Waals surface area contributed by atoms with E-state index in [4.69, 9.17) is 11.6 Å². The summed E-state index contributed by atoms with van der Waals surface area (Å²) in [5.41, 5.74) is 0.765. The first-order chi connectivity index (χ1) is 8.37. The smallest absolute Gasteiger partial charge is 0.151 e. The molecule has 1 aliphatic rings. The van der Waals surface area contributed by atoms with Gasteiger partial charge in [0.1, 0.15) is 5.82 Å². The van der Waals surface area contributed by atoms with Crippen LogP contribution in [0.4, 0.5) is 4.39 Å². The third kappa shape index (κ3) is 3.22. The van der Waals surface area contributed by atoms with Gasteiger partial charge >= 0.3 is 0 Å². The van der Waals surface area contributed by atoms with Gasteiger partial charge in [-0.3, -0.25) is 0 Å². The molecule has 0 radical (unpaired) electrons. The molecule has 1 fully saturated rings. The first-order valence-electron chi connectivity index (χ1n) is 5.79. The molecule has 18 heavy (non-hydrogen) atoms. The van der Waals surface area contributed by atoms with E-state index in [1.54, 1.807) is 6.07 Å². The molecule has 2 unspecified atom stereocenters. The molecule has 0 bridgehead atoms. The molecule has 0 spiro atoms. The van der Waals surface area contributed by atoms with E-state index in [1.807, 2.05) is 6.92 Å². The van der Waals surface area contributed by atoms with Gasteiger partial charge in [-0.15, -0.1) is 0 Å². The van der Waals surface area contributed by atoms with Gasteiger partial charge in [0.2, 0.25) is 0 Å². The van der Waals surface area contributed by atoms with Crippen molar-refractivity contribution in [1.82, 2.24) is 5.32 Å². The van der Waals surface area contributed by atoms with Gasteiger partial charge in [-0.25, -0.2) is 12.8 Å². The third-order valence-corrected chi connectivity index (χ3v) is 5.24. The van der Waals surface area contributed by atoms with Crippen LogP contribution in [0.25, 0.3) is 0 Å². The Labute approximate surface area is 111 Å². The van der Waals surface area contributed by atoms with Crippen LogP contribution in [0.1, 0.15) is 24.9 Å². The van der Waals surface area contributed by atoms with E-state index in [-0.39, 0.29) is 28.6 Å². The lowest BCUT2D eigenvalue weighted by molar-refractivity contribution is 0.482. The van der Waals surface area contributed by atoms with Crippen molar-refractivity contribution in [3.63, 3.8) is 0 Å². The zero-order valence-corrected chi connectivity index (χ0v) is 11.6.